The molecule has 22 heavy (non-hydrogen) atoms. The van der Waals surface area contributed by atoms with Gasteiger partial charge in [0.1, 0.15) is 0 Å². The monoisotopic (exact) mass is 320 g/mol. The highest BCUT2D eigenvalue weighted by atomic mass is 32.2. The summed E-state index contributed by atoms with van der Waals surface area (Å²) in [5.74, 6) is -0.0306. The Labute approximate surface area is 136 Å². The van der Waals surface area contributed by atoms with Crippen LogP contribution in [0.4, 0.5) is 5.69 Å². The summed E-state index contributed by atoms with van der Waals surface area (Å²) in [6.07, 6.45) is 5.78. The fraction of sp³-hybridized carbons (Fsp3) is 0.529. The number of amides is 1. The number of carbonyl (C=O) groups excluding carboxylic acids is 2. The van der Waals surface area contributed by atoms with Crippen molar-refractivity contribution in [1.82, 2.24) is 4.90 Å². The number of anilines is 1. The standard InChI is InChI=1S/C17H24N2O2S/c1-12(20)13-6-4-7-14(10-13)18-17(21)11-19(2)15-8-5-9-16(15)22-3/h4,6-7,10,15-16H,5,8-9,11H2,1-3H3,(H,18,21)/t15-,16-/m0/s1. The quantitative estimate of drug-likeness (QED) is 0.819. The van der Waals surface area contributed by atoms with Gasteiger partial charge in [-0.2, -0.15) is 11.8 Å². The molecule has 0 radical (unpaired) electrons. The van der Waals surface area contributed by atoms with Crippen LogP contribution in [0, 0.1) is 0 Å². The first kappa shape index (κ1) is 17.0. The fourth-order valence-electron chi connectivity index (χ4n) is 3.05. The first-order chi connectivity index (χ1) is 10.5. The van der Waals surface area contributed by atoms with Gasteiger partial charge in [0.05, 0.1) is 6.54 Å². The molecule has 1 aliphatic rings. The van der Waals surface area contributed by atoms with E-state index in [1.807, 2.05) is 24.9 Å². The lowest BCUT2D eigenvalue weighted by Crippen LogP contribution is -2.41. The van der Waals surface area contributed by atoms with E-state index in [4.69, 9.17) is 0 Å². The van der Waals surface area contributed by atoms with E-state index in [1.165, 1.54) is 19.8 Å². The highest BCUT2D eigenvalue weighted by Gasteiger charge is 2.30. The number of nitrogens with zero attached hydrogens (tertiary/aromatic N) is 1. The molecule has 0 aliphatic heterocycles. The molecule has 2 atom stereocenters. The van der Waals surface area contributed by atoms with Crippen molar-refractivity contribution in [2.75, 3.05) is 25.2 Å². The number of benzene rings is 1. The maximum absolute atomic E-state index is 12.2. The van der Waals surface area contributed by atoms with Crippen LogP contribution >= 0.6 is 11.8 Å². The fourth-order valence-corrected chi connectivity index (χ4v) is 4.11. The van der Waals surface area contributed by atoms with Crippen molar-refractivity contribution in [3.63, 3.8) is 0 Å². The first-order valence-corrected chi connectivity index (χ1v) is 8.94. The van der Waals surface area contributed by atoms with Gasteiger partial charge in [0.15, 0.2) is 5.78 Å². The molecule has 4 nitrogen and oxygen atoms in total. The summed E-state index contributed by atoms with van der Waals surface area (Å²) in [6.45, 7) is 1.91. The van der Waals surface area contributed by atoms with Gasteiger partial charge in [-0.1, -0.05) is 18.6 Å². The van der Waals surface area contributed by atoms with Crippen molar-refractivity contribution in [3.8, 4) is 0 Å². The zero-order valence-electron chi connectivity index (χ0n) is 13.5. The van der Waals surface area contributed by atoms with Crippen LogP contribution in [0.3, 0.4) is 0 Å². The summed E-state index contributed by atoms with van der Waals surface area (Å²) in [5.41, 5.74) is 1.29. The van der Waals surface area contributed by atoms with Gasteiger partial charge in [-0.25, -0.2) is 0 Å². The van der Waals surface area contributed by atoms with Gasteiger partial charge in [0.2, 0.25) is 5.91 Å². The van der Waals surface area contributed by atoms with Crippen LogP contribution in [0.1, 0.15) is 36.5 Å². The lowest BCUT2D eigenvalue weighted by atomic mass is 10.1. The van der Waals surface area contributed by atoms with Crippen LogP contribution < -0.4 is 5.32 Å². The van der Waals surface area contributed by atoms with E-state index in [9.17, 15) is 9.59 Å². The minimum atomic E-state index is -0.0324. The molecule has 1 N–H and O–H groups in total. The van der Waals surface area contributed by atoms with Crippen LogP contribution in [0.5, 0.6) is 0 Å². The molecule has 1 amide bonds. The molecule has 0 spiro atoms. The predicted molar refractivity (Wildman–Crippen MR) is 92.6 cm³/mol. The van der Waals surface area contributed by atoms with Crippen molar-refractivity contribution in [3.05, 3.63) is 29.8 Å². The van der Waals surface area contributed by atoms with Crippen LogP contribution in [0.2, 0.25) is 0 Å². The average Bonchev–Trinajstić information content (AvgIpc) is 2.95. The number of nitrogens with one attached hydrogen (secondary N) is 1. The molecular formula is C17H24N2O2S. The summed E-state index contributed by atoms with van der Waals surface area (Å²) in [5, 5.41) is 3.51. The molecule has 2 rings (SSSR count). The Hall–Kier alpha value is -1.33. The third-order valence-corrected chi connectivity index (χ3v) is 5.39. The van der Waals surface area contributed by atoms with E-state index in [-0.39, 0.29) is 11.7 Å². The molecule has 1 aromatic carbocycles. The number of thioether (sulfide) groups is 1. The number of hydrogen-bond donors (Lipinski definition) is 1. The molecule has 1 saturated carbocycles. The highest BCUT2D eigenvalue weighted by molar-refractivity contribution is 7.99. The van der Waals surface area contributed by atoms with E-state index in [1.54, 1.807) is 18.2 Å². The summed E-state index contributed by atoms with van der Waals surface area (Å²) in [6, 6.07) is 7.55. The summed E-state index contributed by atoms with van der Waals surface area (Å²) < 4.78 is 0. The molecule has 1 aromatic rings. The third kappa shape index (κ3) is 4.34. The summed E-state index contributed by atoms with van der Waals surface area (Å²) in [7, 11) is 2.02. The summed E-state index contributed by atoms with van der Waals surface area (Å²) in [4.78, 5) is 25.7. The predicted octanol–water partition coefficient (Wildman–Crippen LogP) is 3.04. The second-order valence-electron chi connectivity index (χ2n) is 5.87. The van der Waals surface area contributed by atoms with Crippen molar-refractivity contribution in [1.29, 1.82) is 0 Å². The maximum atomic E-state index is 12.2. The van der Waals surface area contributed by atoms with E-state index >= 15 is 0 Å². The normalized spacial score (nSPS) is 21.1. The Morgan fingerprint density at radius 2 is 2.14 bits per heavy atom. The SMILES string of the molecule is CS[C@H]1CCC[C@@H]1N(C)CC(=O)Nc1cccc(C(C)=O)c1. The Balaban J connectivity index is 1.92. The molecule has 0 unspecified atom stereocenters. The van der Waals surface area contributed by atoms with Gasteiger partial charge in [-0.3, -0.25) is 14.5 Å². The first-order valence-electron chi connectivity index (χ1n) is 7.65. The Morgan fingerprint density at radius 1 is 1.36 bits per heavy atom. The molecule has 5 heteroatoms. The molecule has 120 valence electrons. The number of carbonyl (C=O) groups is 2. The van der Waals surface area contributed by atoms with Crippen LogP contribution in [0.15, 0.2) is 24.3 Å². The molecule has 0 saturated heterocycles. The van der Waals surface area contributed by atoms with Gasteiger partial charge < -0.3 is 5.32 Å². The topological polar surface area (TPSA) is 49.4 Å². The lowest BCUT2D eigenvalue weighted by molar-refractivity contribution is -0.117. The Bertz CT molecular complexity index is 547. The Morgan fingerprint density at radius 3 is 2.82 bits per heavy atom. The van der Waals surface area contributed by atoms with Crippen molar-refractivity contribution in [2.24, 2.45) is 0 Å². The van der Waals surface area contributed by atoms with Gasteiger partial charge in [-0.15, -0.1) is 0 Å². The van der Waals surface area contributed by atoms with Crippen LogP contribution in [-0.4, -0.2) is 47.7 Å². The second kappa shape index (κ2) is 7.79. The number of ketones is 1. The maximum Gasteiger partial charge on any atom is 0.238 e. The molecule has 1 aliphatic carbocycles. The van der Waals surface area contributed by atoms with Crippen molar-refractivity contribution in [2.45, 2.75) is 37.5 Å². The van der Waals surface area contributed by atoms with Crippen LogP contribution in [0.25, 0.3) is 0 Å². The second-order valence-corrected chi connectivity index (χ2v) is 6.95. The minimum Gasteiger partial charge on any atom is -0.325 e. The molecule has 0 bridgehead atoms. The number of rotatable bonds is 6. The third-order valence-electron chi connectivity index (χ3n) is 4.23. The van der Waals surface area contributed by atoms with E-state index in [2.05, 4.69) is 16.5 Å². The number of hydrogen-bond acceptors (Lipinski definition) is 4. The van der Waals surface area contributed by atoms with E-state index < -0.39 is 0 Å². The number of likely N-dealkylation sites (N-methyl/N-ethyl adjacent to an activating group) is 1. The van der Waals surface area contributed by atoms with Gasteiger partial charge in [-0.05, 0) is 45.2 Å². The minimum absolute atomic E-state index is 0.00184. The Kier molecular flexibility index (Phi) is 6.03. The number of Topliss-reactive ketones (excluding diaryl/α,β-unsaturated/α-hetero) is 1. The smallest absolute Gasteiger partial charge is 0.238 e. The van der Waals surface area contributed by atoms with E-state index in [0.29, 0.717) is 29.1 Å². The molecule has 0 aromatic heterocycles. The highest BCUT2D eigenvalue weighted by Crippen LogP contribution is 2.31. The molecular weight excluding hydrogens is 296 g/mol. The van der Waals surface area contributed by atoms with Gasteiger partial charge in [0.25, 0.3) is 0 Å². The zero-order chi connectivity index (χ0) is 16.1. The van der Waals surface area contributed by atoms with Gasteiger partial charge in [0, 0.05) is 22.5 Å². The summed E-state index contributed by atoms with van der Waals surface area (Å²) >= 11 is 1.89. The largest absolute Gasteiger partial charge is 0.325 e. The molecule has 1 fully saturated rings. The van der Waals surface area contributed by atoms with Crippen LogP contribution in [-0.2, 0) is 4.79 Å². The van der Waals surface area contributed by atoms with Crippen molar-refractivity contribution < 1.29 is 9.59 Å². The average molecular weight is 320 g/mol. The van der Waals surface area contributed by atoms with Gasteiger partial charge >= 0.3 is 0 Å². The lowest BCUT2D eigenvalue weighted by Gasteiger charge is -2.28. The van der Waals surface area contributed by atoms with Crippen molar-refractivity contribution >= 4 is 29.1 Å². The molecule has 0 heterocycles. The van der Waals surface area contributed by atoms with E-state index in [0.717, 1.165) is 6.42 Å². The zero-order valence-corrected chi connectivity index (χ0v) is 14.3.